The number of morpholine rings is 1. The molecular weight excluding hydrogens is 269 g/mol. The van der Waals surface area contributed by atoms with Crippen LogP contribution in [0.15, 0.2) is 24.3 Å². The van der Waals surface area contributed by atoms with E-state index in [0.29, 0.717) is 25.3 Å². The van der Waals surface area contributed by atoms with Gasteiger partial charge in [-0.25, -0.2) is 12.8 Å². The highest BCUT2D eigenvalue weighted by molar-refractivity contribution is 7.88. The van der Waals surface area contributed by atoms with Crippen molar-refractivity contribution < 1.29 is 17.5 Å². The van der Waals surface area contributed by atoms with Gasteiger partial charge in [0.1, 0.15) is 5.82 Å². The Morgan fingerprint density at radius 1 is 1.47 bits per heavy atom. The van der Waals surface area contributed by atoms with Crippen LogP contribution >= 0.6 is 0 Å². The quantitative estimate of drug-likeness (QED) is 0.848. The van der Waals surface area contributed by atoms with Crippen molar-refractivity contribution in [2.24, 2.45) is 0 Å². The van der Waals surface area contributed by atoms with Gasteiger partial charge in [-0.1, -0.05) is 19.1 Å². The molecule has 1 aliphatic rings. The molecule has 0 N–H and O–H groups in total. The number of hydrogen-bond acceptors (Lipinski definition) is 3. The summed E-state index contributed by atoms with van der Waals surface area (Å²) in [5, 5.41) is 0. The van der Waals surface area contributed by atoms with Crippen LogP contribution in [0.2, 0.25) is 0 Å². The van der Waals surface area contributed by atoms with E-state index in [0.717, 1.165) is 6.42 Å². The minimum Gasteiger partial charge on any atom is -0.375 e. The van der Waals surface area contributed by atoms with Crippen molar-refractivity contribution in [1.82, 2.24) is 4.31 Å². The van der Waals surface area contributed by atoms with Gasteiger partial charge in [-0.3, -0.25) is 0 Å². The fourth-order valence-electron chi connectivity index (χ4n) is 2.12. The lowest BCUT2D eigenvalue weighted by molar-refractivity contribution is -0.00282. The molecule has 6 heteroatoms. The molecule has 2 rings (SSSR count). The van der Waals surface area contributed by atoms with Crippen LogP contribution in [0.1, 0.15) is 18.9 Å². The van der Waals surface area contributed by atoms with Crippen LogP contribution in [0.4, 0.5) is 4.39 Å². The van der Waals surface area contributed by atoms with Crippen molar-refractivity contribution >= 4 is 10.0 Å². The van der Waals surface area contributed by atoms with E-state index >= 15 is 0 Å². The lowest BCUT2D eigenvalue weighted by Gasteiger charge is -2.31. The highest BCUT2D eigenvalue weighted by Crippen LogP contribution is 2.16. The fourth-order valence-corrected chi connectivity index (χ4v) is 3.65. The Kier molecular flexibility index (Phi) is 4.54. The second-order valence-electron chi connectivity index (χ2n) is 4.65. The van der Waals surface area contributed by atoms with Gasteiger partial charge >= 0.3 is 0 Å². The first-order valence-corrected chi connectivity index (χ1v) is 7.96. The van der Waals surface area contributed by atoms with Gasteiger partial charge in [-0.2, -0.15) is 4.31 Å². The molecule has 1 aromatic carbocycles. The number of ether oxygens (including phenoxy) is 1. The Morgan fingerprint density at radius 3 is 2.95 bits per heavy atom. The van der Waals surface area contributed by atoms with E-state index in [1.807, 2.05) is 6.92 Å². The molecule has 0 saturated carbocycles. The minimum atomic E-state index is -3.41. The van der Waals surface area contributed by atoms with Crippen LogP contribution < -0.4 is 0 Å². The van der Waals surface area contributed by atoms with E-state index in [9.17, 15) is 12.8 Å². The van der Waals surface area contributed by atoms with Gasteiger partial charge in [0.25, 0.3) is 0 Å². The van der Waals surface area contributed by atoms with Crippen molar-refractivity contribution in [1.29, 1.82) is 0 Å². The molecule has 1 aliphatic heterocycles. The zero-order valence-electron chi connectivity index (χ0n) is 10.9. The second-order valence-corrected chi connectivity index (χ2v) is 6.61. The Hall–Kier alpha value is -0.980. The molecule has 0 unspecified atom stereocenters. The summed E-state index contributed by atoms with van der Waals surface area (Å²) in [6, 6.07) is 5.71. The topological polar surface area (TPSA) is 46.6 Å². The van der Waals surface area contributed by atoms with Crippen molar-refractivity contribution in [2.75, 3.05) is 19.7 Å². The number of halogens is 1. The molecule has 0 amide bonds. The Bertz CT molecular complexity index is 532. The Morgan fingerprint density at radius 2 is 2.26 bits per heavy atom. The third kappa shape index (κ3) is 3.75. The highest BCUT2D eigenvalue weighted by Gasteiger charge is 2.28. The van der Waals surface area contributed by atoms with E-state index < -0.39 is 15.8 Å². The van der Waals surface area contributed by atoms with Crippen LogP contribution in [0, 0.1) is 5.82 Å². The number of hydrogen-bond donors (Lipinski definition) is 0. The molecule has 4 nitrogen and oxygen atoms in total. The first-order valence-electron chi connectivity index (χ1n) is 6.35. The third-order valence-corrected chi connectivity index (χ3v) is 5.00. The molecule has 0 aromatic heterocycles. The standard InChI is InChI=1S/C13H18FNO3S/c1-2-13-9-15(6-7-18-13)19(16,17)10-11-4-3-5-12(14)8-11/h3-5,8,13H,2,6-7,9-10H2,1H3/t13-/m1/s1. The molecule has 106 valence electrons. The van der Waals surface area contributed by atoms with E-state index in [1.54, 1.807) is 6.07 Å². The summed E-state index contributed by atoms with van der Waals surface area (Å²) in [6.07, 6.45) is 0.738. The summed E-state index contributed by atoms with van der Waals surface area (Å²) in [6.45, 7) is 3.14. The lowest BCUT2D eigenvalue weighted by Crippen LogP contribution is -2.45. The normalized spacial score (nSPS) is 21.5. The average molecular weight is 287 g/mol. The monoisotopic (exact) mass is 287 g/mol. The SMILES string of the molecule is CC[C@@H]1CN(S(=O)(=O)Cc2cccc(F)c2)CCO1. The summed E-state index contributed by atoms with van der Waals surface area (Å²) >= 11 is 0. The van der Waals surface area contributed by atoms with Gasteiger partial charge in [-0.05, 0) is 24.1 Å². The Labute approximate surface area is 113 Å². The maximum absolute atomic E-state index is 13.1. The van der Waals surface area contributed by atoms with E-state index in [-0.39, 0.29) is 11.9 Å². The Balaban J connectivity index is 2.09. The van der Waals surface area contributed by atoms with Crippen LogP contribution in [-0.4, -0.2) is 38.5 Å². The first-order chi connectivity index (χ1) is 9.01. The summed E-state index contributed by atoms with van der Waals surface area (Å²) < 4.78 is 44.5. The molecule has 1 saturated heterocycles. The molecule has 0 radical (unpaired) electrons. The predicted molar refractivity (Wildman–Crippen MR) is 70.6 cm³/mol. The predicted octanol–water partition coefficient (Wildman–Crippen LogP) is 1.77. The smallest absolute Gasteiger partial charge is 0.218 e. The highest BCUT2D eigenvalue weighted by atomic mass is 32.2. The van der Waals surface area contributed by atoms with E-state index in [2.05, 4.69) is 0 Å². The zero-order valence-corrected chi connectivity index (χ0v) is 11.7. The number of rotatable bonds is 4. The largest absolute Gasteiger partial charge is 0.375 e. The van der Waals surface area contributed by atoms with E-state index in [4.69, 9.17) is 4.74 Å². The summed E-state index contributed by atoms with van der Waals surface area (Å²) in [7, 11) is -3.41. The van der Waals surface area contributed by atoms with Crippen molar-refractivity contribution in [3.8, 4) is 0 Å². The molecule has 1 fully saturated rings. The molecule has 0 spiro atoms. The van der Waals surface area contributed by atoms with Crippen molar-refractivity contribution in [3.05, 3.63) is 35.6 Å². The van der Waals surface area contributed by atoms with Crippen LogP contribution in [0.3, 0.4) is 0 Å². The van der Waals surface area contributed by atoms with Gasteiger partial charge < -0.3 is 4.74 Å². The number of sulfonamides is 1. The average Bonchev–Trinajstić information content (AvgIpc) is 2.38. The van der Waals surface area contributed by atoms with E-state index in [1.165, 1.54) is 22.5 Å². The fraction of sp³-hybridized carbons (Fsp3) is 0.538. The minimum absolute atomic E-state index is 0.0453. The van der Waals surface area contributed by atoms with Crippen LogP contribution in [0.5, 0.6) is 0 Å². The van der Waals surface area contributed by atoms with Gasteiger partial charge in [-0.15, -0.1) is 0 Å². The third-order valence-electron chi connectivity index (χ3n) is 3.19. The van der Waals surface area contributed by atoms with Crippen LogP contribution in [0.25, 0.3) is 0 Å². The maximum atomic E-state index is 13.1. The summed E-state index contributed by atoms with van der Waals surface area (Å²) in [5.74, 6) is -0.581. The maximum Gasteiger partial charge on any atom is 0.218 e. The zero-order chi connectivity index (χ0) is 13.9. The molecule has 1 heterocycles. The summed E-state index contributed by atoms with van der Waals surface area (Å²) in [4.78, 5) is 0. The second kappa shape index (κ2) is 5.98. The number of benzene rings is 1. The molecule has 0 bridgehead atoms. The van der Waals surface area contributed by atoms with Gasteiger partial charge in [0.05, 0.1) is 18.5 Å². The number of nitrogens with zero attached hydrogens (tertiary/aromatic N) is 1. The van der Waals surface area contributed by atoms with Gasteiger partial charge in [0.15, 0.2) is 0 Å². The molecule has 0 aliphatic carbocycles. The van der Waals surface area contributed by atoms with Crippen LogP contribution in [-0.2, 0) is 20.5 Å². The van der Waals surface area contributed by atoms with Gasteiger partial charge in [0, 0.05) is 13.1 Å². The van der Waals surface area contributed by atoms with Crippen molar-refractivity contribution in [3.63, 3.8) is 0 Å². The molecule has 19 heavy (non-hydrogen) atoms. The van der Waals surface area contributed by atoms with Crippen molar-refractivity contribution in [2.45, 2.75) is 25.2 Å². The first kappa shape index (κ1) is 14.4. The summed E-state index contributed by atoms with van der Waals surface area (Å²) in [5.41, 5.74) is 0.472. The van der Waals surface area contributed by atoms with Gasteiger partial charge in [0.2, 0.25) is 10.0 Å². The molecular formula is C13H18FNO3S. The molecule has 1 atom stereocenters. The molecule has 1 aromatic rings. The lowest BCUT2D eigenvalue weighted by atomic mass is 10.2.